The number of carbonyl (C=O) groups excluding carboxylic acids is 1. The van der Waals surface area contributed by atoms with Crippen LogP contribution in [0.1, 0.15) is 35.0 Å². The Balaban J connectivity index is 1.60. The molecule has 1 atom stereocenters. The Labute approximate surface area is 176 Å². The molecule has 0 fully saturated rings. The van der Waals surface area contributed by atoms with E-state index in [9.17, 15) is 4.79 Å². The second-order valence-electron chi connectivity index (χ2n) is 7.82. The Morgan fingerprint density at radius 2 is 2.03 bits per heavy atom. The summed E-state index contributed by atoms with van der Waals surface area (Å²) in [6, 6.07) is 11.3. The van der Waals surface area contributed by atoms with E-state index in [0.29, 0.717) is 41.9 Å². The number of H-pyrrole nitrogens is 1. The van der Waals surface area contributed by atoms with Gasteiger partial charge >= 0.3 is 0 Å². The molecule has 0 saturated carbocycles. The molecule has 0 spiro atoms. The van der Waals surface area contributed by atoms with Crippen LogP contribution in [0.15, 0.2) is 36.4 Å². The number of amides is 1. The molecule has 1 aliphatic rings. The zero-order valence-electron chi connectivity index (χ0n) is 17.7. The second kappa shape index (κ2) is 8.79. The number of para-hydroxylation sites is 1. The minimum Gasteiger partial charge on any atom is -0.493 e. The van der Waals surface area contributed by atoms with Gasteiger partial charge in [0.2, 0.25) is 0 Å². The monoisotopic (exact) mass is 408 g/mol. The van der Waals surface area contributed by atoms with Crippen molar-refractivity contribution in [1.82, 2.24) is 4.98 Å². The van der Waals surface area contributed by atoms with E-state index in [1.807, 2.05) is 18.2 Å². The first-order valence-corrected chi connectivity index (χ1v) is 10.3. The van der Waals surface area contributed by atoms with Crippen molar-refractivity contribution in [3.05, 3.63) is 53.2 Å². The largest absolute Gasteiger partial charge is 0.493 e. The average Bonchev–Trinajstić information content (AvgIpc) is 3.12. The van der Waals surface area contributed by atoms with Crippen LogP contribution in [0.4, 0.5) is 5.69 Å². The fourth-order valence-electron chi connectivity index (χ4n) is 4.11. The van der Waals surface area contributed by atoms with Crippen molar-refractivity contribution in [2.45, 2.75) is 26.2 Å². The maximum atomic E-state index is 13.1. The van der Waals surface area contributed by atoms with Gasteiger partial charge in [-0.3, -0.25) is 4.79 Å². The number of aryl methyl sites for hydroxylation is 1. The van der Waals surface area contributed by atoms with Crippen molar-refractivity contribution < 1.29 is 19.0 Å². The fraction of sp³-hybridized carbons (Fsp3) is 0.375. The summed E-state index contributed by atoms with van der Waals surface area (Å²) in [6.45, 7) is 3.15. The molecule has 30 heavy (non-hydrogen) atoms. The number of benzene rings is 2. The molecule has 1 aliphatic carbocycles. The van der Waals surface area contributed by atoms with Gasteiger partial charge in [0.25, 0.3) is 5.91 Å². The Bertz CT molecular complexity index is 1060. The molecule has 0 aliphatic heterocycles. The molecule has 6 nitrogen and oxygen atoms in total. The Kier molecular flexibility index (Phi) is 5.95. The van der Waals surface area contributed by atoms with Gasteiger partial charge in [-0.15, -0.1) is 0 Å². The first kappa shape index (κ1) is 20.3. The van der Waals surface area contributed by atoms with Crippen LogP contribution in [0, 0.1) is 5.92 Å². The van der Waals surface area contributed by atoms with Gasteiger partial charge in [0.1, 0.15) is 6.61 Å². The number of nitrogens with one attached hydrogen (secondary N) is 2. The molecule has 3 aromatic rings. The summed E-state index contributed by atoms with van der Waals surface area (Å²) in [7, 11) is 3.21. The number of ether oxygens (including phenoxy) is 3. The summed E-state index contributed by atoms with van der Waals surface area (Å²) in [4.78, 5) is 16.6. The standard InChI is InChI=1S/C24H28N2O4/c1-15-7-9-20-19(13-15)17-5-4-6-18(23(17)26-20)24(27)25-16-8-10-21(29-3)22(14-16)30-12-11-28-2/h4-6,8,10,14-15,26H,7,9,11-13H2,1-3H3,(H,25,27). The van der Waals surface area contributed by atoms with E-state index in [1.54, 1.807) is 26.4 Å². The lowest BCUT2D eigenvalue weighted by molar-refractivity contribution is 0.102. The van der Waals surface area contributed by atoms with Crippen LogP contribution >= 0.6 is 0 Å². The number of aromatic nitrogens is 1. The van der Waals surface area contributed by atoms with Gasteiger partial charge in [-0.2, -0.15) is 0 Å². The van der Waals surface area contributed by atoms with Crippen molar-refractivity contribution in [3.63, 3.8) is 0 Å². The zero-order chi connectivity index (χ0) is 21.1. The summed E-state index contributed by atoms with van der Waals surface area (Å²) < 4.78 is 16.1. The molecule has 1 aromatic heterocycles. The van der Waals surface area contributed by atoms with Crippen LogP contribution < -0.4 is 14.8 Å². The predicted molar refractivity (Wildman–Crippen MR) is 118 cm³/mol. The molecule has 2 aromatic carbocycles. The van der Waals surface area contributed by atoms with Gasteiger partial charge in [-0.1, -0.05) is 19.1 Å². The first-order chi connectivity index (χ1) is 14.6. The predicted octanol–water partition coefficient (Wildman–Crippen LogP) is 4.58. The molecule has 1 heterocycles. The number of anilines is 1. The Morgan fingerprint density at radius 1 is 1.17 bits per heavy atom. The topological polar surface area (TPSA) is 72.6 Å². The lowest BCUT2D eigenvalue weighted by atomic mass is 9.87. The lowest BCUT2D eigenvalue weighted by Crippen LogP contribution is -2.13. The van der Waals surface area contributed by atoms with Crippen molar-refractivity contribution in [1.29, 1.82) is 0 Å². The molecular weight excluding hydrogens is 380 g/mol. The van der Waals surface area contributed by atoms with Crippen LogP contribution in [0.2, 0.25) is 0 Å². The average molecular weight is 408 g/mol. The third-order valence-corrected chi connectivity index (χ3v) is 5.68. The van der Waals surface area contributed by atoms with Gasteiger partial charge in [-0.05, 0) is 48.9 Å². The normalized spacial score (nSPS) is 15.6. The Morgan fingerprint density at radius 3 is 2.83 bits per heavy atom. The van der Waals surface area contributed by atoms with Crippen LogP contribution in [0.5, 0.6) is 11.5 Å². The summed E-state index contributed by atoms with van der Waals surface area (Å²) in [5.74, 6) is 1.69. The highest BCUT2D eigenvalue weighted by atomic mass is 16.5. The number of carbonyl (C=O) groups is 1. The Hall–Kier alpha value is -2.99. The van der Waals surface area contributed by atoms with Crippen molar-refractivity contribution in [3.8, 4) is 11.5 Å². The SMILES string of the molecule is COCCOc1cc(NC(=O)c2cccc3c4c([nH]c23)CCC(C)C4)ccc1OC. The van der Waals surface area contributed by atoms with Gasteiger partial charge in [0.05, 0.1) is 24.8 Å². The number of methoxy groups -OCH3 is 2. The van der Waals surface area contributed by atoms with Crippen molar-refractivity contribution in [2.24, 2.45) is 5.92 Å². The van der Waals surface area contributed by atoms with E-state index < -0.39 is 0 Å². The number of aromatic amines is 1. The van der Waals surface area contributed by atoms with E-state index in [2.05, 4.69) is 23.3 Å². The van der Waals surface area contributed by atoms with Crippen molar-refractivity contribution >= 4 is 22.5 Å². The molecule has 4 rings (SSSR count). The van der Waals surface area contributed by atoms with E-state index >= 15 is 0 Å². The third kappa shape index (κ3) is 4.00. The quantitative estimate of drug-likeness (QED) is 0.562. The van der Waals surface area contributed by atoms with Crippen molar-refractivity contribution in [2.75, 3.05) is 32.8 Å². The highest BCUT2D eigenvalue weighted by Gasteiger charge is 2.22. The third-order valence-electron chi connectivity index (χ3n) is 5.68. The number of fused-ring (bicyclic) bond motifs is 3. The minimum atomic E-state index is -0.153. The number of hydrogen-bond acceptors (Lipinski definition) is 4. The zero-order valence-corrected chi connectivity index (χ0v) is 17.7. The van der Waals surface area contributed by atoms with Gasteiger partial charge in [-0.25, -0.2) is 0 Å². The fourth-order valence-corrected chi connectivity index (χ4v) is 4.11. The summed E-state index contributed by atoms with van der Waals surface area (Å²) in [5, 5.41) is 4.15. The first-order valence-electron chi connectivity index (χ1n) is 10.3. The van der Waals surface area contributed by atoms with E-state index in [0.717, 1.165) is 23.7 Å². The maximum absolute atomic E-state index is 13.1. The van der Waals surface area contributed by atoms with E-state index in [1.165, 1.54) is 17.7 Å². The van der Waals surface area contributed by atoms with Crippen LogP contribution in [-0.4, -0.2) is 38.3 Å². The summed E-state index contributed by atoms with van der Waals surface area (Å²) >= 11 is 0. The smallest absolute Gasteiger partial charge is 0.257 e. The molecule has 0 saturated heterocycles. The number of hydrogen-bond donors (Lipinski definition) is 2. The maximum Gasteiger partial charge on any atom is 0.257 e. The second-order valence-corrected chi connectivity index (χ2v) is 7.82. The molecule has 158 valence electrons. The van der Waals surface area contributed by atoms with Gasteiger partial charge < -0.3 is 24.5 Å². The lowest BCUT2D eigenvalue weighted by Gasteiger charge is -2.17. The van der Waals surface area contributed by atoms with Gasteiger partial charge in [0, 0.05) is 29.9 Å². The molecular formula is C24H28N2O4. The summed E-state index contributed by atoms with van der Waals surface area (Å²) in [6.07, 6.45) is 3.27. The highest BCUT2D eigenvalue weighted by molar-refractivity contribution is 6.12. The highest BCUT2D eigenvalue weighted by Crippen LogP contribution is 2.34. The van der Waals surface area contributed by atoms with E-state index in [4.69, 9.17) is 14.2 Å². The minimum absolute atomic E-state index is 0.153. The van der Waals surface area contributed by atoms with Crippen LogP contribution in [-0.2, 0) is 17.6 Å². The van der Waals surface area contributed by atoms with Gasteiger partial charge in [0.15, 0.2) is 11.5 Å². The molecule has 0 radical (unpaired) electrons. The molecule has 1 unspecified atom stereocenters. The summed E-state index contributed by atoms with van der Waals surface area (Å²) in [5.41, 5.74) is 4.83. The molecule has 0 bridgehead atoms. The van der Waals surface area contributed by atoms with E-state index in [-0.39, 0.29) is 5.91 Å². The van der Waals surface area contributed by atoms with Crippen LogP contribution in [0.25, 0.3) is 10.9 Å². The number of rotatable bonds is 7. The molecule has 2 N–H and O–H groups in total. The molecule has 6 heteroatoms. The van der Waals surface area contributed by atoms with Crippen LogP contribution in [0.3, 0.4) is 0 Å². The molecule has 1 amide bonds.